The van der Waals surface area contributed by atoms with Crippen LogP contribution in [0.4, 0.5) is 0 Å². The Hall–Kier alpha value is -0.450. The number of aromatic carboxylic acids is 2. The van der Waals surface area contributed by atoms with Gasteiger partial charge in [-0.3, -0.25) is 4.55 Å². The Kier molecular flexibility index (Phi) is 7.73. The molecule has 0 unspecified atom stereocenters. The maximum Gasteiger partial charge on any atom is 1.00 e. The summed E-state index contributed by atoms with van der Waals surface area (Å²) in [6.45, 7) is 0. The first kappa shape index (κ1) is 21.6. The quantitative estimate of drug-likeness (QED) is 0.433. The maximum atomic E-state index is 11.2. The molecule has 2 aromatic rings. The van der Waals surface area contributed by atoms with Crippen molar-refractivity contribution in [3.63, 3.8) is 0 Å². The summed E-state index contributed by atoms with van der Waals surface area (Å²) >= 11 is 0. The number of carbonyl (C=O) groups excluding carboxylic acids is 2. The first-order valence-electron chi connectivity index (χ1n) is 5.19. The number of fused-ring (bicyclic) bond motifs is 1. The molecule has 0 fully saturated rings. The summed E-state index contributed by atoms with van der Waals surface area (Å²) < 4.78 is 31.6. The Morgan fingerprint density at radius 1 is 0.909 bits per heavy atom. The van der Waals surface area contributed by atoms with Crippen LogP contribution in [0.25, 0.3) is 10.8 Å². The molecular formula is C12H6Na2O7S. The fraction of sp³-hybridized carbons (Fsp3) is 0. The van der Waals surface area contributed by atoms with Gasteiger partial charge < -0.3 is 19.8 Å². The van der Waals surface area contributed by atoms with Gasteiger partial charge in [0.2, 0.25) is 0 Å². The zero-order valence-corrected chi connectivity index (χ0v) is 16.5. The predicted octanol–water partition coefficient (Wildman–Crippen LogP) is -7.18. The molecule has 0 saturated heterocycles. The number of rotatable bonds is 3. The Labute approximate surface area is 169 Å². The van der Waals surface area contributed by atoms with Crippen LogP contribution in [0.2, 0.25) is 0 Å². The van der Waals surface area contributed by atoms with E-state index in [1.807, 2.05) is 0 Å². The van der Waals surface area contributed by atoms with Crippen molar-refractivity contribution in [2.24, 2.45) is 0 Å². The SMILES string of the molecule is O=C([O-])c1cccc2c(S(=O)(=O)O)ccc(C(=O)[O-])c12.[Na+].[Na+]. The summed E-state index contributed by atoms with van der Waals surface area (Å²) in [5.41, 5.74) is -1.01. The molecule has 0 spiro atoms. The summed E-state index contributed by atoms with van der Waals surface area (Å²) in [6, 6.07) is 5.17. The summed E-state index contributed by atoms with van der Waals surface area (Å²) in [5, 5.41) is 21.4. The summed E-state index contributed by atoms with van der Waals surface area (Å²) in [6.07, 6.45) is 0. The largest absolute Gasteiger partial charge is 1.00 e. The zero-order valence-electron chi connectivity index (χ0n) is 11.7. The fourth-order valence-corrected chi connectivity index (χ4v) is 2.63. The minimum Gasteiger partial charge on any atom is -0.545 e. The molecule has 0 aliphatic carbocycles. The van der Waals surface area contributed by atoms with Crippen molar-refractivity contribution in [2.75, 3.05) is 0 Å². The minimum absolute atomic E-state index is 0. The standard InChI is InChI=1S/C12H8O7S.2Na/c13-11(14)7-3-1-2-6-9(20(17,18)19)5-4-8(10(6)7)12(15)16;;/h1-5H,(H,13,14)(H,15,16)(H,17,18,19);;/q;2*+1/p-2. The van der Waals surface area contributed by atoms with Crippen LogP contribution in [0.5, 0.6) is 0 Å². The van der Waals surface area contributed by atoms with Crippen molar-refractivity contribution < 1.29 is 91.9 Å². The van der Waals surface area contributed by atoms with Crippen LogP contribution in [-0.4, -0.2) is 24.9 Å². The van der Waals surface area contributed by atoms with Gasteiger partial charge in [-0.15, -0.1) is 0 Å². The van der Waals surface area contributed by atoms with Crippen LogP contribution in [0.3, 0.4) is 0 Å². The molecule has 104 valence electrons. The average Bonchev–Trinajstić information content (AvgIpc) is 2.34. The van der Waals surface area contributed by atoms with Crippen molar-refractivity contribution >= 4 is 32.8 Å². The van der Waals surface area contributed by atoms with Crippen LogP contribution in [0, 0.1) is 0 Å². The van der Waals surface area contributed by atoms with Crippen molar-refractivity contribution in [2.45, 2.75) is 4.90 Å². The van der Waals surface area contributed by atoms with E-state index in [4.69, 9.17) is 4.55 Å². The van der Waals surface area contributed by atoms with Crippen LogP contribution in [0.15, 0.2) is 35.2 Å². The normalized spacial score (nSPS) is 10.4. The van der Waals surface area contributed by atoms with Crippen LogP contribution in [0.1, 0.15) is 20.7 Å². The number of carbonyl (C=O) groups is 2. The van der Waals surface area contributed by atoms with E-state index in [0.29, 0.717) is 0 Å². The van der Waals surface area contributed by atoms with Gasteiger partial charge in [-0.2, -0.15) is 8.42 Å². The van der Waals surface area contributed by atoms with E-state index in [2.05, 4.69) is 0 Å². The molecular weight excluding hydrogens is 334 g/mol. The topological polar surface area (TPSA) is 135 Å². The number of carboxylic acid groups (broad SMARTS) is 2. The van der Waals surface area contributed by atoms with Crippen molar-refractivity contribution in [1.82, 2.24) is 0 Å². The molecule has 2 rings (SSSR count). The third-order valence-electron chi connectivity index (χ3n) is 2.72. The summed E-state index contributed by atoms with van der Waals surface area (Å²) in [4.78, 5) is 21.4. The number of carboxylic acids is 2. The smallest absolute Gasteiger partial charge is 0.545 e. The van der Waals surface area contributed by atoms with Gasteiger partial charge in [0.1, 0.15) is 4.90 Å². The molecule has 0 atom stereocenters. The van der Waals surface area contributed by atoms with Crippen LogP contribution in [-0.2, 0) is 10.1 Å². The van der Waals surface area contributed by atoms with Gasteiger partial charge in [-0.1, -0.05) is 24.3 Å². The van der Waals surface area contributed by atoms with Gasteiger partial charge in [0.25, 0.3) is 10.1 Å². The van der Waals surface area contributed by atoms with E-state index in [0.717, 1.165) is 18.2 Å². The molecule has 22 heavy (non-hydrogen) atoms. The molecule has 7 nitrogen and oxygen atoms in total. The van der Waals surface area contributed by atoms with E-state index >= 15 is 0 Å². The van der Waals surface area contributed by atoms with Gasteiger partial charge in [0, 0.05) is 21.9 Å². The zero-order chi connectivity index (χ0) is 15.1. The van der Waals surface area contributed by atoms with Crippen molar-refractivity contribution in [3.05, 3.63) is 41.5 Å². The van der Waals surface area contributed by atoms with E-state index in [-0.39, 0.29) is 69.9 Å². The van der Waals surface area contributed by atoms with Crippen LogP contribution < -0.4 is 69.3 Å². The molecule has 2 aromatic carbocycles. The van der Waals surface area contributed by atoms with E-state index in [1.165, 1.54) is 12.1 Å². The number of hydrogen-bond donors (Lipinski definition) is 1. The van der Waals surface area contributed by atoms with Gasteiger partial charge in [-0.05, 0) is 6.07 Å². The predicted molar refractivity (Wildman–Crippen MR) is 62.4 cm³/mol. The van der Waals surface area contributed by atoms with E-state index in [9.17, 15) is 28.2 Å². The maximum absolute atomic E-state index is 11.2. The second-order valence-corrected chi connectivity index (χ2v) is 5.28. The number of hydrogen-bond acceptors (Lipinski definition) is 6. The Balaban J connectivity index is 0.00000220. The molecule has 0 aromatic heterocycles. The van der Waals surface area contributed by atoms with Crippen molar-refractivity contribution in [1.29, 1.82) is 0 Å². The summed E-state index contributed by atoms with van der Waals surface area (Å²) in [5.74, 6) is -3.35. The first-order chi connectivity index (χ1) is 9.23. The van der Waals surface area contributed by atoms with Gasteiger partial charge in [-0.25, -0.2) is 0 Å². The van der Waals surface area contributed by atoms with E-state index < -0.39 is 38.1 Å². The van der Waals surface area contributed by atoms with Crippen LogP contribution >= 0.6 is 0 Å². The average molecular weight is 340 g/mol. The van der Waals surface area contributed by atoms with Gasteiger partial charge in [0.15, 0.2) is 0 Å². The molecule has 0 saturated carbocycles. The Morgan fingerprint density at radius 3 is 1.86 bits per heavy atom. The van der Waals surface area contributed by atoms with Gasteiger partial charge in [0.05, 0.1) is 11.9 Å². The second-order valence-electron chi connectivity index (χ2n) is 3.89. The molecule has 0 amide bonds. The molecule has 0 aliphatic rings. The van der Waals surface area contributed by atoms with Gasteiger partial charge >= 0.3 is 59.1 Å². The third-order valence-corrected chi connectivity index (χ3v) is 3.63. The summed E-state index contributed by atoms with van der Waals surface area (Å²) in [7, 11) is -4.64. The molecule has 1 N–H and O–H groups in total. The molecule has 0 radical (unpaired) electrons. The molecule has 0 aliphatic heterocycles. The van der Waals surface area contributed by atoms with Crippen molar-refractivity contribution in [3.8, 4) is 0 Å². The minimum atomic E-state index is -4.64. The molecule has 0 bridgehead atoms. The second kappa shape index (κ2) is 7.89. The molecule has 0 heterocycles. The number of benzene rings is 2. The fourth-order valence-electron chi connectivity index (χ4n) is 1.95. The van der Waals surface area contributed by atoms with E-state index in [1.54, 1.807) is 0 Å². The molecule has 10 heteroatoms. The Morgan fingerprint density at radius 2 is 1.41 bits per heavy atom. The monoisotopic (exact) mass is 340 g/mol. The Bertz CT molecular complexity index is 826. The third kappa shape index (κ3) is 4.09. The first-order valence-corrected chi connectivity index (χ1v) is 6.63.